The lowest BCUT2D eigenvalue weighted by molar-refractivity contribution is -0.116. The van der Waals surface area contributed by atoms with E-state index in [9.17, 15) is 4.79 Å². The Morgan fingerprint density at radius 3 is 2.56 bits per heavy atom. The van der Waals surface area contributed by atoms with Crippen LogP contribution < -0.4 is 5.32 Å². The molecule has 5 rings (SSSR count). The fourth-order valence-corrected chi connectivity index (χ4v) is 4.17. The van der Waals surface area contributed by atoms with Crippen molar-refractivity contribution in [3.05, 3.63) is 96.1 Å². The summed E-state index contributed by atoms with van der Waals surface area (Å²) in [6.07, 6.45) is 2.03. The predicted molar refractivity (Wildman–Crippen MR) is 132 cm³/mol. The standard InChI is InChI=1S/C28H25N3O/c1-19-13-16-21(17-14-19)29-27(32)12-6-9-23-22-8-3-5-11-25(22)31-28(23)26-18-15-20-7-2-4-10-24(20)30-26/h2-5,7-8,10-11,13-18,31H,6,9,12H2,1H3,(H,29,32). The lowest BCUT2D eigenvalue weighted by Crippen LogP contribution is -2.11. The first-order valence-electron chi connectivity index (χ1n) is 11.0. The van der Waals surface area contributed by atoms with E-state index in [2.05, 4.69) is 46.7 Å². The molecular weight excluding hydrogens is 394 g/mol. The number of carbonyl (C=O) groups excluding carboxylic acids is 1. The Balaban J connectivity index is 1.38. The van der Waals surface area contributed by atoms with E-state index < -0.39 is 0 Å². The van der Waals surface area contributed by atoms with Crippen LogP contribution in [0.3, 0.4) is 0 Å². The number of nitrogens with one attached hydrogen (secondary N) is 2. The number of carbonyl (C=O) groups is 1. The van der Waals surface area contributed by atoms with Crippen LogP contribution in [0.5, 0.6) is 0 Å². The molecule has 0 saturated heterocycles. The van der Waals surface area contributed by atoms with Gasteiger partial charge in [-0.2, -0.15) is 0 Å². The largest absolute Gasteiger partial charge is 0.353 e. The normalized spacial score (nSPS) is 11.2. The van der Waals surface area contributed by atoms with Crippen LogP contribution in [0.4, 0.5) is 5.69 Å². The van der Waals surface area contributed by atoms with Gasteiger partial charge < -0.3 is 10.3 Å². The molecule has 0 unspecified atom stereocenters. The second-order valence-corrected chi connectivity index (χ2v) is 8.18. The van der Waals surface area contributed by atoms with Crippen LogP contribution in [0.2, 0.25) is 0 Å². The molecule has 0 bridgehead atoms. The van der Waals surface area contributed by atoms with E-state index in [4.69, 9.17) is 4.98 Å². The molecule has 2 heterocycles. The molecular formula is C28H25N3O. The number of fused-ring (bicyclic) bond motifs is 2. The molecule has 0 fully saturated rings. The van der Waals surface area contributed by atoms with Gasteiger partial charge in [-0.1, -0.05) is 60.2 Å². The molecule has 0 aliphatic heterocycles. The number of H-pyrrole nitrogens is 1. The van der Waals surface area contributed by atoms with Gasteiger partial charge in [0.05, 0.1) is 16.9 Å². The molecule has 3 aromatic carbocycles. The third-order valence-corrected chi connectivity index (χ3v) is 5.83. The first kappa shape index (κ1) is 20.0. The molecule has 0 aliphatic rings. The van der Waals surface area contributed by atoms with Crippen molar-refractivity contribution in [1.82, 2.24) is 9.97 Å². The average Bonchev–Trinajstić information content (AvgIpc) is 3.19. The van der Waals surface area contributed by atoms with E-state index in [0.29, 0.717) is 6.42 Å². The van der Waals surface area contributed by atoms with E-state index >= 15 is 0 Å². The van der Waals surface area contributed by atoms with Gasteiger partial charge in [-0.05, 0) is 55.7 Å². The van der Waals surface area contributed by atoms with Crippen LogP contribution in [0, 0.1) is 6.92 Å². The van der Waals surface area contributed by atoms with Gasteiger partial charge >= 0.3 is 0 Å². The summed E-state index contributed by atoms with van der Waals surface area (Å²) in [6, 6.07) is 28.5. The topological polar surface area (TPSA) is 57.8 Å². The number of pyridine rings is 1. The first-order valence-corrected chi connectivity index (χ1v) is 11.0. The summed E-state index contributed by atoms with van der Waals surface area (Å²) < 4.78 is 0. The summed E-state index contributed by atoms with van der Waals surface area (Å²) >= 11 is 0. The van der Waals surface area contributed by atoms with Crippen molar-refractivity contribution in [3.8, 4) is 11.4 Å². The summed E-state index contributed by atoms with van der Waals surface area (Å²) in [5, 5.41) is 5.31. The summed E-state index contributed by atoms with van der Waals surface area (Å²) in [6.45, 7) is 2.04. The fourth-order valence-electron chi connectivity index (χ4n) is 4.17. The maximum Gasteiger partial charge on any atom is 0.224 e. The van der Waals surface area contributed by atoms with Gasteiger partial charge in [0.2, 0.25) is 5.91 Å². The monoisotopic (exact) mass is 419 g/mol. The van der Waals surface area contributed by atoms with Crippen molar-refractivity contribution in [2.45, 2.75) is 26.2 Å². The minimum Gasteiger partial charge on any atom is -0.353 e. The smallest absolute Gasteiger partial charge is 0.224 e. The number of amides is 1. The minimum atomic E-state index is 0.0408. The zero-order valence-electron chi connectivity index (χ0n) is 18.1. The average molecular weight is 420 g/mol. The molecule has 0 atom stereocenters. The molecule has 1 amide bonds. The number of aryl methyl sites for hydroxylation is 2. The van der Waals surface area contributed by atoms with E-state index in [1.54, 1.807) is 0 Å². The molecule has 2 aromatic heterocycles. The first-order chi connectivity index (χ1) is 15.7. The fraction of sp³-hybridized carbons (Fsp3) is 0.143. The van der Waals surface area contributed by atoms with Crippen molar-refractivity contribution in [2.24, 2.45) is 0 Å². The number of anilines is 1. The lowest BCUT2D eigenvalue weighted by Gasteiger charge is -2.08. The third kappa shape index (κ3) is 4.12. The number of hydrogen-bond donors (Lipinski definition) is 2. The molecule has 158 valence electrons. The Morgan fingerprint density at radius 2 is 1.69 bits per heavy atom. The highest BCUT2D eigenvalue weighted by Gasteiger charge is 2.15. The lowest BCUT2D eigenvalue weighted by atomic mass is 10.0. The van der Waals surface area contributed by atoms with E-state index in [0.717, 1.165) is 46.3 Å². The van der Waals surface area contributed by atoms with Gasteiger partial charge in [0, 0.05) is 28.4 Å². The number of benzene rings is 3. The third-order valence-electron chi connectivity index (χ3n) is 5.83. The van der Waals surface area contributed by atoms with Crippen LogP contribution in [0.15, 0.2) is 84.9 Å². The predicted octanol–water partition coefficient (Wildman–Crippen LogP) is 6.65. The highest BCUT2D eigenvalue weighted by Crippen LogP contribution is 2.31. The molecule has 0 spiro atoms. The number of nitrogens with zero attached hydrogens (tertiary/aromatic N) is 1. The Labute approximate surface area is 187 Å². The summed E-state index contributed by atoms with van der Waals surface area (Å²) in [5.41, 5.74) is 7.27. The Bertz CT molecular complexity index is 1400. The van der Waals surface area contributed by atoms with Crippen molar-refractivity contribution in [2.75, 3.05) is 5.32 Å². The van der Waals surface area contributed by atoms with Crippen molar-refractivity contribution in [3.63, 3.8) is 0 Å². The number of aromatic nitrogens is 2. The number of aromatic amines is 1. The minimum absolute atomic E-state index is 0.0408. The van der Waals surface area contributed by atoms with Crippen molar-refractivity contribution < 1.29 is 4.79 Å². The second-order valence-electron chi connectivity index (χ2n) is 8.18. The molecule has 32 heavy (non-hydrogen) atoms. The molecule has 2 N–H and O–H groups in total. The van der Waals surface area contributed by atoms with Crippen LogP contribution in [0.25, 0.3) is 33.2 Å². The quantitative estimate of drug-likeness (QED) is 0.324. The van der Waals surface area contributed by atoms with Crippen LogP contribution >= 0.6 is 0 Å². The maximum absolute atomic E-state index is 12.5. The second kappa shape index (κ2) is 8.67. The number of rotatable bonds is 6. The molecule has 0 radical (unpaired) electrons. The van der Waals surface area contributed by atoms with Crippen molar-refractivity contribution >= 4 is 33.4 Å². The maximum atomic E-state index is 12.5. The van der Waals surface area contributed by atoms with Gasteiger partial charge in [0.15, 0.2) is 0 Å². The summed E-state index contributed by atoms with van der Waals surface area (Å²) in [5.74, 6) is 0.0408. The van der Waals surface area contributed by atoms with Crippen LogP contribution in [-0.2, 0) is 11.2 Å². The molecule has 0 aliphatic carbocycles. The SMILES string of the molecule is Cc1ccc(NC(=O)CCCc2c(-c3ccc4ccccc4n3)[nH]c3ccccc23)cc1. The van der Waals surface area contributed by atoms with Gasteiger partial charge in [-0.15, -0.1) is 0 Å². The highest BCUT2D eigenvalue weighted by molar-refractivity contribution is 5.92. The van der Waals surface area contributed by atoms with E-state index in [1.807, 2.05) is 55.5 Å². The van der Waals surface area contributed by atoms with Crippen LogP contribution in [0.1, 0.15) is 24.0 Å². The molecule has 4 nitrogen and oxygen atoms in total. The van der Waals surface area contributed by atoms with Gasteiger partial charge in [-0.25, -0.2) is 4.98 Å². The van der Waals surface area contributed by atoms with Gasteiger partial charge in [0.1, 0.15) is 0 Å². The van der Waals surface area contributed by atoms with Gasteiger partial charge in [0.25, 0.3) is 0 Å². The Morgan fingerprint density at radius 1 is 0.906 bits per heavy atom. The summed E-state index contributed by atoms with van der Waals surface area (Å²) in [4.78, 5) is 20.9. The summed E-state index contributed by atoms with van der Waals surface area (Å²) in [7, 11) is 0. The van der Waals surface area contributed by atoms with Crippen molar-refractivity contribution in [1.29, 1.82) is 0 Å². The number of hydrogen-bond acceptors (Lipinski definition) is 2. The van der Waals surface area contributed by atoms with E-state index in [1.165, 1.54) is 16.5 Å². The van der Waals surface area contributed by atoms with E-state index in [-0.39, 0.29) is 5.91 Å². The zero-order chi connectivity index (χ0) is 21.9. The van der Waals surface area contributed by atoms with Crippen LogP contribution in [-0.4, -0.2) is 15.9 Å². The van der Waals surface area contributed by atoms with Gasteiger partial charge in [-0.3, -0.25) is 4.79 Å². The molecule has 4 heteroatoms. The molecule has 0 saturated carbocycles. The highest BCUT2D eigenvalue weighted by atomic mass is 16.1. The zero-order valence-corrected chi connectivity index (χ0v) is 18.1. The Kier molecular flexibility index (Phi) is 5.42. The number of para-hydroxylation sites is 2. The molecule has 5 aromatic rings. The Hall–Kier alpha value is -3.92.